The predicted octanol–water partition coefficient (Wildman–Crippen LogP) is 4.86. The highest BCUT2D eigenvalue weighted by atomic mass is 16.7. The summed E-state index contributed by atoms with van der Waals surface area (Å²) in [5.41, 5.74) is 2.63. The van der Waals surface area contributed by atoms with E-state index in [0.717, 1.165) is 42.6 Å². The summed E-state index contributed by atoms with van der Waals surface area (Å²) in [6.07, 6.45) is 4.38. The number of hydroxylamine groups is 2. The lowest BCUT2D eigenvalue weighted by atomic mass is 9.78. The van der Waals surface area contributed by atoms with E-state index in [2.05, 4.69) is 41.5 Å². The van der Waals surface area contributed by atoms with Crippen molar-refractivity contribution in [2.45, 2.75) is 84.5 Å². The van der Waals surface area contributed by atoms with Gasteiger partial charge in [0.2, 0.25) is 0 Å². The smallest absolute Gasteiger partial charge is 0.325 e. The molecule has 0 bridgehead atoms. The topological polar surface area (TPSA) is 49.8 Å². The maximum atomic E-state index is 12.2. The van der Waals surface area contributed by atoms with E-state index < -0.39 is 0 Å². The van der Waals surface area contributed by atoms with Crippen LogP contribution in [0.5, 0.6) is 5.75 Å². The van der Waals surface area contributed by atoms with Crippen LogP contribution < -0.4 is 0 Å². The lowest BCUT2D eigenvalue weighted by molar-refractivity contribution is -0.194. The maximum absolute atomic E-state index is 12.2. The number of phenolic OH excluding ortho intramolecular Hbond substituents is 1. The van der Waals surface area contributed by atoms with Crippen LogP contribution in [0.3, 0.4) is 0 Å². The van der Waals surface area contributed by atoms with E-state index in [-0.39, 0.29) is 16.8 Å². The first kappa shape index (κ1) is 20.8. The summed E-state index contributed by atoms with van der Waals surface area (Å²) in [6, 6.07) is 4.08. The van der Waals surface area contributed by atoms with Crippen molar-refractivity contribution in [3.8, 4) is 5.75 Å². The van der Waals surface area contributed by atoms with Crippen molar-refractivity contribution < 1.29 is 14.7 Å². The number of phenols is 1. The summed E-state index contributed by atoms with van der Waals surface area (Å²) in [6.45, 7) is 14.3. The van der Waals surface area contributed by atoms with Gasteiger partial charge in [-0.05, 0) is 46.8 Å². The van der Waals surface area contributed by atoms with Crippen molar-refractivity contribution in [2.75, 3.05) is 13.1 Å². The molecule has 2 rings (SSSR count). The lowest BCUT2D eigenvalue weighted by Gasteiger charge is -2.28. The summed E-state index contributed by atoms with van der Waals surface area (Å²) in [4.78, 5) is 17.7. The molecule has 1 aromatic rings. The fraction of sp³-hybridized carbons (Fsp3) is 0.682. The van der Waals surface area contributed by atoms with Crippen LogP contribution in [0.15, 0.2) is 12.1 Å². The molecular weight excluding hydrogens is 326 g/mol. The Hall–Kier alpha value is -1.55. The van der Waals surface area contributed by atoms with Gasteiger partial charge in [0, 0.05) is 13.1 Å². The minimum atomic E-state index is -0.172. The Kier molecular flexibility index (Phi) is 6.38. The quantitative estimate of drug-likeness (QED) is 0.832. The van der Waals surface area contributed by atoms with Crippen molar-refractivity contribution in [2.24, 2.45) is 0 Å². The Labute approximate surface area is 158 Å². The van der Waals surface area contributed by atoms with E-state index in [1.54, 1.807) is 5.06 Å². The predicted molar refractivity (Wildman–Crippen MR) is 105 cm³/mol. The van der Waals surface area contributed by atoms with Crippen molar-refractivity contribution in [1.82, 2.24) is 5.06 Å². The van der Waals surface area contributed by atoms with Crippen LogP contribution in [0.2, 0.25) is 0 Å². The average Bonchev–Trinajstić information content (AvgIpc) is 2.52. The number of rotatable bonds is 4. The number of hydrogen-bond donors (Lipinski definition) is 1. The number of nitrogens with zero attached hydrogens (tertiary/aromatic N) is 1. The first-order valence-electron chi connectivity index (χ1n) is 9.81. The summed E-state index contributed by atoms with van der Waals surface area (Å²) in [5.74, 6) is 0.208. The average molecular weight is 362 g/mol. The number of carbonyl (C=O) groups is 1. The van der Waals surface area contributed by atoms with E-state index in [4.69, 9.17) is 4.84 Å². The fourth-order valence-electron chi connectivity index (χ4n) is 3.37. The zero-order chi connectivity index (χ0) is 19.5. The van der Waals surface area contributed by atoms with Gasteiger partial charge in [-0.15, -0.1) is 5.06 Å². The van der Waals surface area contributed by atoms with Crippen LogP contribution in [0, 0.1) is 0 Å². The van der Waals surface area contributed by atoms with Gasteiger partial charge in [-0.25, -0.2) is 0 Å². The monoisotopic (exact) mass is 361 g/mol. The summed E-state index contributed by atoms with van der Waals surface area (Å²) < 4.78 is 0. The summed E-state index contributed by atoms with van der Waals surface area (Å²) in [5, 5.41) is 12.6. The fourth-order valence-corrected chi connectivity index (χ4v) is 3.37. The highest BCUT2D eigenvalue weighted by Gasteiger charge is 2.26. The molecule has 1 aliphatic heterocycles. The molecule has 0 amide bonds. The first-order chi connectivity index (χ1) is 12.0. The zero-order valence-corrected chi connectivity index (χ0v) is 17.3. The van der Waals surface area contributed by atoms with Crippen molar-refractivity contribution in [1.29, 1.82) is 0 Å². The standard InChI is InChI=1S/C22H35NO3/c1-21(2,3)17-14-16(15-18(20(17)25)22(4,5)6)10-11-19(24)26-23-12-8-7-9-13-23/h14-15,25H,7-13H2,1-6H3. The Morgan fingerprint density at radius 2 is 1.50 bits per heavy atom. The second-order valence-corrected chi connectivity index (χ2v) is 9.49. The van der Waals surface area contributed by atoms with Crippen LogP contribution in [-0.4, -0.2) is 29.2 Å². The molecule has 1 aliphatic rings. The SMILES string of the molecule is CC(C)(C)c1cc(CCC(=O)ON2CCCCC2)cc(C(C)(C)C)c1O. The maximum Gasteiger partial charge on any atom is 0.325 e. The number of benzene rings is 1. The van der Waals surface area contributed by atoms with Crippen LogP contribution in [-0.2, 0) is 26.9 Å². The highest BCUT2D eigenvalue weighted by Crippen LogP contribution is 2.40. The zero-order valence-electron chi connectivity index (χ0n) is 17.3. The van der Waals surface area contributed by atoms with Gasteiger partial charge < -0.3 is 9.94 Å². The number of carbonyl (C=O) groups excluding carboxylic acids is 1. The van der Waals surface area contributed by atoms with Gasteiger partial charge in [-0.3, -0.25) is 4.79 Å². The van der Waals surface area contributed by atoms with E-state index >= 15 is 0 Å². The molecule has 4 heteroatoms. The van der Waals surface area contributed by atoms with Gasteiger partial charge >= 0.3 is 5.97 Å². The molecule has 0 aromatic heterocycles. The number of aromatic hydroxyl groups is 1. The van der Waals surface area contributed by atoms with Crippen LogP contribution in [0.4, 0.5) is 0 Å². The molecule has 1 aromatic carbocycles. The highest BCUT2D eigenvalue weighted by molar-refractivity contribution is 5.69. The minimum Gasteiger partial charge on any atom is -0.507 e. The molecule has 4 nitrogen and oxygen atoms in total. The van der Waals surface area contributed by atoms with E-state index in [0.29, 0.717) is 18.6 Å². The summed E-state index contributed by atoms with van der Waals surface area (Å²) in [7, 11) is 0. The van der Waals surface area contributed by atoms with Crippen LogP contribution >= 0.6 is 0 Å². The largest absolute Gasteiger partial charge is 0.507 e. The second-order valence-electron chi connectivity index (χ2n) is 9.49. The molecular formula is C22H35NO3. The second kappa shape index (κ2) is 7.99. The third kappa shape index (κ3) is 5.47. The molecule has 146 valence electrons. The van der Waals surface area contributed by atoms with Gasteiger partial charge in [0.15, 0.2) is 0 Å². The normalized spacial score (nSPS) is 16.5. The molecule has 1 N–H and O–H groups in total. The Bertz CT molecular complexity index is 597. The molecule has 0 aliphatic carbocycles. The molecule has 1 saturated heterocycles. The van der Waals surface area contributed by atoms with Crippen molar-refractivity contribution >= 4 is 5.97 Å². The minimum absolute atomic E-state index is 0.158. The van der Waals surface area contributed by atoms with Crippen molar-refractivity contribution in [3.05, 3.63) is 28.8 Å². The third-order valence-electron chi connectivity index (χ3n) is 4.95. The molecule has 1 fully saturated rings. The molecule has 26 heavy (non-hydrogen) atoms. The first-order valence-corrected chi connectivity index (χ1v) is 9.81. The number of piperidine rings is 1. The van der Waals surface area contributed by atoms with Gasteiger partial charge in [-0.2, -0.15) is 0 Å². The Morgan fingerprint density at radius 3 is 1.96 bits per heavy atom. The molecule has 0 radical (unpaired) electrons. The van der Waals surface area contributed by atoms with Gasteiger partial charge in [0.25, 0.3) is 0 Å². The molecule has 0 atom stereocenters. The van der Waals surface area contributed by atoms with Crippen LogP contribution in [0.25, 0.3) is 0 Å². The Morgan fingerprint density at radius 1 is 1.00 bits per heavy atom. The molecule has 0 unspecified atom stereocenters. The molecule has 0 saturated carbocycles. The number of aryl methyl sites for hydroxylation is 1. The summed E-state index contributed by atoms with van der Waals surface area (Å²) >= 11 is 0. The molecule has 1 heterocycles. The van der Waals surface area contributed by atoms with E-state index in [9.17, 15) is 9.90 Å². The molecule has 0 spiro atoms. The van der Waals surface area contributed by atoms with Gasteiger partial charge in [0.05, 0.1) is 6.42 Å². The van der Waals surface area contributed by atoms with Crippen LogP contribution in [0.1, 0.15) is 83.9 Å². The van der Waals surface area contributed by atoms with Gasteiger partial charge in [-0.1, -0.05) is 60.1 Å². The van der Waals surface area contributed by atoms with E-state index in [1.807, 2.05) is 12.1 Å². The van der Waals surface area contributed by atoms with Crippen molar-refractivity contribution in [3.63, 3.8) is 0 Å². The lowest BCUT2D eigenvalue weighted by Crippen LogP contribution is -2.32. The number of hydrogen-bond acceptors (Lipinski definition) is 4. The van der Waals surface area contributed by atoms with E-state index in [1.165, 1.54) is 6.42 Å². The van der Waals surface area contributed by atoms with Gasteiger partial charge in [0.1, 0.15) is 5.75 Å². The Balaban J connectivity index is 2.14. The third-order valence-corrected chi connectivity index (χ3v) is 4.95.